The summed E-state index contributed by atoms with van der Waals surface area (Å²) >= 11 is 0. The first kappa shape index (κ1) is 18.5. The smallest absolute Gasteiger partial charge is 0.0678 e. The van der Waals surface area contributed by atoms with Crippen LogP contribution < -0.4 is 0 Å². The number of hydrogen-bond acceptors (Lipinski definition) is 2. The number of nitrogens with zero attached hydrogens (tertiary/aromatic N) is 1. The van der Waals surface area contributed by atoms with Crippen LogP contribution >= 0.6 is 0 Å². The summed E-state index contributed by atoms with van der Waals surface area (Å²) in [6.45, 7) is 18.0. The number of rotatable bonds is 5. The van der Waals surface area contributed by atoms with E-state index in [1.807, 2.05) is 0 Å². The highest BCUT2D eigenvalue weighted by atomic mass is 16.5. The quantitative estimate of drug-likeness (QED) is 0.742. The van der Waals surface area contributed by atoms with Gasteiger partial charge in [0, 0.05) is 19.1 Å². The van der Waals surface area contributed by atoms with Crippen molar-refractivity contribution in [2.24, 2.45) is 5.92 Å². The van der Waals surface area contributed by atoms with Crippen LogP contribution in [0.3, 0.4) is 0 Å². The molecule has 0 N–H and O–H groups in total. The number of ether oxygens (including phenoxy) is 1. The lowest BCUT2D eigenvalue weighted by molar-refractivity contribution is -0.0862. The van der Waals surface area contributed by atoms with E-state index in [1.165, 1.54) is 17.5 Å². The molecule has 1 aromatic carbocycles. The third-order valence-electron chi connectivity index (χ3n) is 5.39. The Bertz CT molecular complexity index is 481. The van der Waals surface area contributed by atoms with Crippen molar-refractivity contribution in [3.05, 3.63) is 35.4 Å². The maximum Gasteiger partial charge on any atom is 0.0678 e. The Kier molecular flexibility index (Phi) is 5.91. The van der Waals surface area contributed by atoms with Crippen molar-refractivity contribution in [3.8, 4) is 0 Å². The molecule has 2 rings (SSSR count). The molecule has 1 aliphatic heterocycles. The molecule has 0 aliphatic carbocycles. The maximum absolute atomic E-state index is 5.92. The molecule has 0 spiro atoms. The topological polar surface area (TPSA) is 12.5 Å². The lowest BCUT2D eigenvalue weighted by Gasteiger charge is -2.42. The van der Waals surface area contributed by atoms with Gasteiger partial charge in [-0.3, -0.25) is 4.90 Å². The molecule has 2 nitrogen and oxygen atoms in total. The van der Waals surface area contributed by atoms with Crippen LogP contribution in [-0.2, 0) is 10.2 Å². The van der Waals surface area contributed by atoms with Gasteiger partial charge in [-0.15, -0.1) is 0 Å². The molecule has 1 aliphatic rings. The summed E-state index contributed by atoms with van der Waals surface area (Å²) in [6.07, 6.45) is 1.80. The molecule has 2 heteroatoms. The van der Waals surface area contributed by atoms with Crippen molar-refractivity contribution < 1.29 is 4.74 Å². The van der Waals surface area contributed by atoms with E-state index in [9.17, 15) is 0 Å². The fraction of sp³-hybridized carbons (Fsp3) is 0.714. The van der Waals surface area contributed by atoms with Gasteiger partial charge >= 0.3 is 0 Å². The molecule has 1 fully saturated rings. The van der Waals surface area contributed by atoms with Gasteiger partial charge in [-0.05, 0) is 42.7 Å². The Morgan fingerprint density at radius 3 is 2.04 bits per heavy atom. The number of morpholine rings is 1. The van der Waals surface area contributed by atoms with Crippen molar-refractivity contribution in [1.82, 2.24) is 4.90 Å². The van der Waals surface area contributed by atoms with Gasteiger partial charge in [0.2, 0.25) is 0 Å². The first-order chi connectivity index (χ1) is 10.7. The van der Waals surface area contributed by atoms with E-state index in [1.54, 1.807) is 0 Å². The summed E-state index contributed by atoms with van der Waals surface area (Å²) < 4.78 is 5.92. The molecule has 0 aromatic heterocycles. The highest BCUT2D eigenvalue weighted by Gasteiger charge is 2.30. The van der Waals surface area contributed by atoms with E-state index in [0.717, 1.165) is 13.1 Å². The van der Waals surface area contributed by atoms with E-state index in [0.29, 0.717) is 24.2 Å². The summed E-state index contributed by atoms with van der Waals surface area (Å²) in [5, 5.41) is 0. The maximum atomic E-state index is 5.92. The van der Waals surface area contributed by atoms with Crippen LogP contribution in [0.5, 0.6) is 0 Å². The van der Waals surface area contributed by atoms with Crippen LogP contribution in [0, 0.1) is 5.92 Å². The Balaban J connectivity index is 2.24. The summed E-state index contributed by atoms with van der Waals surface area (Å²) in [5.74, 6) is 0.595. The van der Waals surface area contributed by atoms with Gasteiger partial charge in [0.1, 0.15) is 0 Å². The minimum absolute atomic E-state index is 0.258. The number of hydrogen-bond donors (Lipinski definition) is 0. The van der Waals surface area contributed by atoms with E-state index in [-0.39, 0.29) is 5.41 Å². The molecule has 1 unspecified atom stereocenters. The van der Waals surface area contributed by atoms with Crippen molar-refractivity contribution in [2.45, 2.75) is 78.6 Å². The summed E-state index contributed by atoms with van der Waals surface area (Å²) in [4.78, 5) is 2.61. The van der Waals surface area contributed by atoms with Crippen LogP contribution in [0.15, 0.2) is 24.3 Å². The first-order valence-electron chi connectivity index (χ1n) is 9.24. The van der Waals surface area contributed by atoms with E-state index < -0.39 is 0 Å². The van der Waals surface area contributed by atoms with Gasteiger partial charge in [0.25, 0.3) is 0 Å². The average molecular weight is 318 g/mol. The van der Waals surface area contributed by atoms with Crippen LogP contribution in [-0.4, -0.2) is 30.2 Å². The molecule has 1 heterocycles. The second kappa shape index (κ2) is 7.36. The first-order valence-corrected chi connectivity index (χ1v) is 9.24. The Morgan fingerprint density at radius 1 is 1.09 bits per heavy atom. The molecule has 3 atom stereocenters. The monoisotopic (exact) mass is 317 g/mol. The van der Waals surface area contributed by atoms with E-state index >= 15 is 0 Å². The summed E-state index contributed by atoms with van der Waals surface area (Å²) in [5.41, 5.74) is 3.14. The van der Waals surface area contributed by atoms with Gasteiger partial charge in [0.15, 0.2) is 0 Å². The minimum atomic E-state index is 0.258. The second-order valence-corrected chi connectivity index (χ2v) is 8.26. The normalized spacial score (nSPS) is 24.9. The van der Waals surface area contributed by atoms with Crippen molar-refractivity contribution in [3.63, 3.8) is 0 Å². The average Bonchev–Trinajstić information content (AvgIpc) is 2.46. The van der Waals surface area contributed by atoms with Gasteiger partial charge in [-0.2, -0.15) is 0 Å². The van der Waals surface area contributed by atoms with Crippen molar-refractivity contribution >= 4 is 0 Å². The fourth-order valence-electron chi connectivity index (χ4n) is 3.80. The van der Waals surface area contributed by atoms with E-state index in [4.69, 9.17) is 4.74 Å². The zero-order valence-electron chi connectivity index (χ0n) is 16.1. The molecule has 0 saturated carbocycles. The summed E-state index contributed by atoms with van der Waals surface area (Å²) in [7, 11) is 0. The summed E-state index contributed by atoms with van der Waals surface area (Å²) in [6, 6.07) is 9.84. The Hall–Kier alpha value is -0.860. The van der Waals surface area contributed by atoms with Crippen LogP contribution in [0.2, 0.25) is 0 Å². The predicted molar refractivity (Wildman–Crippen MR) is 98.9 cm³/mol. The lowest BCUT2D eigenvalue weighted by Crippen LogP contribution is -2.48. The highest BCUT2D eigenvalue weighted by molar-refractivity contribution is 5.30. The zero-order valence-corrected chi connectivity index (χ0v) is 16.1. The van der Waals surface area contributed by atoms with Crippen molar-refractivity contribution in [2.75, 3.05) is 13.1 Å². The van der Waals surface area contributed by atoms with Crippen LogP contribution in [0.4, 0.5) is 0 Å². The lowest BCUT2D eigenvalue weighted by atomic mass is 9.81. The van der Waals surface area contributed by atoms with Gasteiger partial charge < -0.3 is 4.74 Å². The van der Waals surface area contributed by atoms with Crippen LogP contribution in [0.1, 0.15) is 72.1 Å². The van der Waals surface area contributed by atoms with Gasteiger partial charge in [-0.25, -0.2) is 0 Å². The molecule has 1 saturated heterocycles. The largest absolute Gasteiger partial charge is 0.373 e. The fourth-order valence-corrected chi connectivity index (χ4v) is 3.80. The molecule has 130 valence electrons. The van der Waals surface area contributed by atoms with Crippen LogP contribution in [0.25, 0.3) is 0 Å². The molecule has 0 bridgehead atoms. The van der Waals surface area contributed by atoms with Crippen molar-refractivity contribution in [1.29, 1.82) is 0 Å². The molecule has 23 heavy (non-hydrogen) atoms. The molecule has 1 aromatic rings. The van der Waals surface area contributed by atoms with Gasteiger partial charge in [0.05, 0.1) is 12.2 Å². The highest BCUT2D eigenvalue weighted by Crippen LogP contribution is 2.33. The molecular formula is C21H35NO. The predicted octanol–water partition coefficient (Wildman–Crippen LogP) is 5.18. The van der Waals surface area contributed by atoms with E-state index in [2.05, 4.69) is 77.6 Å². The second-order valence-electron chi connectivity index (χ2n) is 8.26. The zero-order chi connectivity index (χ0) is 17.2. The number of benzene rings is 1. The molecule has 0 radical (unpaired) electrons. The van der Waals surface area contributed by atoms with Gasteiger partial charge in [-0.1, -0.05) is 58.9 Å². The molecular weight excluding hydrogens is 282 g/mol. The minimum Gasteiger partial charge on any atom is -0.373 e. The third-order valence-corrected chi connectivity index (χ3v) is 5.39. The Morgan fingerprint density at radius 2 is 1.61 bits per heavy atom. The molecule has 0 amide bonds. The third kappa shape index (κ3) is 4.36. The standard InChI is InChI=1S/C21H35NO/c1-8-21(6,7)19-11-9-18(10-12-19)20(15(2)3)22-13-16(4)23-17(5)14-22/h9-12,15-17,20H,8,13-14H2,1-7H3/t16-,17+,20?. The Labute approximate surface area is 143 Å². The SMILES string of the molecule is CCC(C)(C)c1ccc(C(C(C)C)N2C[C@@H](C)O[C@@H](C)C2)cc1.